The zero-order chi connectivity index (χ0) is 14.1. The molecule has 0 amide bonds. The van der Waals surface area contributed by atoms with Crippen molar-refractivity contribution in [2.24, 2.45) is 0 Å². The van der Waals surface area contributed by atoms with Crippen LogP contribution in [0.1, 0.15) is 0 Å². The molecule has 1 fully saturated rings. The Morgan fingerprint density at radius 1 is 1.05 bits per heavy atom. The molecule has 0 saturated carbocycles. The van der Waals surface area contributed by atoms with Crippen LogP contribution < -0.4 is 10.2 Å². The van der Waals surface area contributed by atoms with Gasteiger partial charge in [-0.05, 0) is 12.1 Å². The topological polar surface area (TPSA) is 69.7 Å². The fourth-order valence-corrected chi connectivity index (χ4v) is 2.67. The van der Waals surface area contributed by atoms with Crippen LogP contribution in [0, 0.1) is 0 Å². The molecule has 3 aromatic rings. The normalized spacial score (nSPS) is 15.5. The van der Waals surface area contributed by atoms with Crippen LogP contribution in [0.25, 0.3) is 22.3 Å². The molecule has 2 aromatic heterocycles. The molecule has 6 heteroatoms. The van der Waals surface area contributed by atoms with Gasteiger partial charge in [-0.25, -0.2) is 0 Å². The number of hydrogen-bond donors (Lipinski definition) is 2. The first-order valence-corrected chi connectivity index (χ1v) is 7.14. The number of hydrogen-bond acceptors (Lipinski definition) is 5. The lowest BCUT2D eigenvalue weighted by molar-refractivity contribution is 0.580. The van der Waals surface area contributed by atoms with Crippen molar-refractivity contribution in [1.29, 1.82) is 0 Å². The highest BCUT2D eigenvalue weighted by atomic mass is 15.4. The van der Waals surface area contributed by atoms with E-state index < -0.39 is 0 Å². The van der Waals surface area contributed by atoms with Crippen molar-refractivity contribution in [3.63, 3.8) is 0 Å². The molecule has 3 heterocycles. The molecule has 1 aliphatic heterocycles. The van der Waals surface area contributed by atoms with Crippen LogP contribution in [0.4, 0.5) is 5.95 Å². The van der Waals surface area contributed by atoms with Gasteiger partial charge in [-0.1, -0.05) is 18.2 Å². The molecule has 21 heavy (non-hydrogen) atoms. The second kappa shape index (κ2) is 5.14. The van der Waals surface area contributed by atoms with E-state index in [1.807, 2.05) is 18.2 Å². The van der Waals surface area contributed by atoms with Crippen LogP contribution in [-0.4, -0.2) is 46.3 Å². The van der Waals surface area contributed by atoms with E-state index in [0.29, 0.717) is 0 Å². The molecule has 0 bridgehead atoms. The first kappa shape index (κ1) is 12.3. The van der Waals surface area contributed by atoms with Gasteiger partial charge in [-0.15, -0.1) is 5.10 Å². The molecule has 4 rings (SSSR count). The number of anilines is 1. The third kappa shape index (κ3) is 2.23. The van der Waals surface area contributed by atoms with Gasteiger partial charge in [0.25, 0.3) is 0 Å². The number of pyridine rings is 1. The molecule has 2 N–H and O–H groups in total. The Bertz CT molecular complexity index is 754. The van der Waals surface area contributed by atoms with E-state index in [9.17, 15) is 0 Å². The zero-order valence-electron chi connectivity index (χ0n) is 11.6. The Kier molecular flexibility index (Phi) is 3.01. The number of piperazine rings is 1. The quantitative estimate of drug-likeness (QED) is 0.743. The molecule has 0 unspecified atom stereocenters. The summed E-state index contributed by atoms with van der Waals surface area (Å²) in [7, 11) is 0. The van der Waals surface area contributed by atoms with Crippen LogP contribution >= 0.6 is 0 Å². The van der Waals surface area contributed by atoms with Crippen LogP contribution in [0.5, 0.6) is 0 Å². The van der Waals surface area contributed by atoms with Crippen molar-refractivity contribution < 1.29 is 0 Å². The molecule has 0 atom stereocenters. The predicted molar refractivity (Wildman–Crippen MR) is 82.2 cm³/mol. The minimum Gasteiger partial charge on any atom is -0.337 e. The molecule has 0 aliphatic carbocycles. The minimum absolute atomic E-state index is 0.763. The fraction of sp³-hybridized carbons (Fsp3) is 0.267. The average Bonchev–Trinajstić information content (AvgIpc) is 3.05. The molecule has 6 nitrogen and oxygen atoms in total. The summed E-state index contributed by atoms with van der Waals surface area (Å²) in [6.45, 7) is 3.82. The third-order valence-corrected chi connectivity index (χ3v) is 3.76. The summed E-state index contributed by atoms with van der Waals surface area (Å²) in [5.74, 6) is 1.53. The van der Waals surface area contributed by atoms with E-state index in [2.05, 4.69) is 42.5 Å². The van der Waals surface area contributed by atoms with Crippen molar-refractivity contribution in [3.8, 4) is 11.4 Å². The Labute approximate surface area is 122 Å². The number of H-pyrrole nitrogens is 1. The summed E-state index contributed by atoms with van der Waals surface area (Å²) in [5.41, 5.74) is 1.94. The second-order valence-corrected chi connectivity index (χ2v) is 5.10. The van der Waals surface area contributed by atoms with Crippen LogP contribution in [0.3, 0.4) is 0 Å². The molecular weight excluding hydrogens is 264 g/mol. The van der Waals surface area contributed by atoms with Gasteiger partial charge in [0.2, 0.25) is 5.95 Å². The van der Waals surface area contributed by atoms with E-state index in [-0.39, 0.29) is 0 Å². The van der Waals surface area contributed by atoms with Gasteiger partial charge in [-0.3, -0.25) is 10.1 Å². The number of para-hydroxylation sites is 1. The minimum atomic E-state index is 0.763. The molecule has 1 aromatic carbocycles. The lowest BCUT2D eigenvalue weighted by Crippen LogP contribution is -2.44. The van der Waals surface area contributed by atoms with Crippen molar-refractivity contribution >= 4 is 16.9 Å². The van der Waals surface area contributed by atoms with E-state index in [0.717, 1.165) is 54.4 Å². The van der Waals surface area contributed by atoms with E-state index >= 15 is 0 Å². The monoisotopic (exact) mass is 280 g/mol. The van der Waals surface area contributed by atoms with Gasteiger partial charge in [0.15, 0.2) is 5.82 Å². The molecule has 0 radical (unpaired) electrons. The molecule has 106 valence electrons. The summed E-state index contributed by atoms with van der Waals surface area (Å²) in [4.78, 5) is 11.3. The van der Waals surface area contributed by atoms with Crippen molar-refractivity contribution in [1.82, 2.24) is 25.5 Å². The largest absolute Gasteiger partial charge is 0.337 e. The number of rotatable bonds is 2. The SMILES string of the molecule is c1cnc2c(-c3nc(N4CCNCC4)n[nH]3)cccc2c1. The van der Waals surface area contributed by atoms with Gasteiger partial charge in [-0.2, -0.15) is 4.98 Å². The molecular formula is C15H16N6. The van der Waals surface area contributed by atoms with Crippen LogP contribution in [-0.2, 0) is 0 Å². The van der Waals surface area contributed by atoms with Crippen molar-refractivity contribution in [3.05, 3.63) is 36.5 Å². The Morgan fingerprint density at radius 2 is 1.90 bits per heavy atom. The smallest absolute Gasteiger partial charge is 0.245 e. The highest BCUT2D eigenvalue weighted by Crippen LogP contribution is 2.25. The van der Waals surface area contributed by atoms with E-state index in [1.165, 1.54) is 0 Å². The second-order valence-electron chi connectivity index (χ2n) is 5.10. The lowest BCUT2D eigenvalue weighted by atomic mass is 10.1. The fourth-order valence-electron chi connectivity index (χ4n) is 2.67. The standard InChI is InChI=1S/C15H16N6/c1-3-11-4-2-6-17-13(11)12(5-1)14-18-15(20-19-14)21-9-7-16-8-10-21/h1-6,16H,7-10H2,(H,18,19,20). The first-order valence-electron chi connectivity index (χ1n) is 7.14. The number of aromatic amines is 1. The molecule has 1 saturated heterocycles. The Morgan fingerprint density at radius 3 is 2.81 bits per heavy atom. The summed E-state index contributed by atoms with van der Waals surface area (Å²) in [5, 5.41) is 11.8. The maximum Gasteiger partial charge on any atom is 0.245 e. The van der Waals surface area contributed by atoms with Crippen LogP contribution in [0.15, 0.2) is 36.5 Å². The van der Waals surface area contributed by atoms with Gasteiger partial charge in [0.05, 0.1) is 5.52 Å². The van der Waals surface area contributed by atoms with Crippen molar-refractivity contribution in [2.45, 2.75) is 0 Å². The number of aromatic nitrogens is 4. The number of benzene rings is 1. The predicted octanol–water partition coefficient (Wildman–Crippen LogP) is 1.43. The van der Waals surface area contributed by atoms with Crippen molar-refractivity contribution in [2.75, 3.05) is 31.1 Å². The first-order chi connectivity index (χ1) is 10.4. The maximum absolute atomic E-state index is 4.65. The highest BCUT2D eigenvalue weighted by molar-refractivity contribution is 5.91. The summed E-state index contributed by atoms with van der Waals surface area (Å²) < 4.78 is 0. The number of nitrogens with zero attached hydrogens (tertiary/aromatic N) is 4. The Balaban J connectivity index is 1.74. The highest BCUT2D eigenvalue weighted by Gasteiger charge is 2.16. The average molecular weight is 280 g/mol. The molecule has 1 aliphatic rings. The Hall–Kier alpha value is -2.47. The van der Waals surface area contributed by atoms with E-state index in [4.69, 9.17) is 0 Å². The van der Waals surface area contributed by atoms with E-state index in [1.54, 1.807) is 6.20 Å². The van der Waals surface area contributed by atoms with Gasteiger partial charge < -0.3 is 10.2 Å². The van der Waals surface area contributed by atoms with Gasteiger partial charge in [0, 0.05) is 43.3 Å². The summed E-state index contributed by atoms with van der Waals surface area (Å²) >= 11 is 0. The third-order valence-electron chi connectivity index (χ3n) is 3.76. The number of nitrogens with one attached hydrogen (secondary N) is 2. The van der Waals surface area contributed by atoms with Gasteiger partial charge >= 0.3 is 0 Å². The lowest BCUT2D eigenvalue weighted by Gasteiger charge is -2.25. The molecule has 0 spiro atoms. The maximum atomic E-state index is 4.65. The van der Waals surface area contributed by atoms with Crippen LogP contribution in [0.2, 0.25) is 0 Å². The zero-order valence-corrected chi connectivity index (χ0v) is 11.6. The summed E-state index contributed by atoms with van der Waals surface area (Å²) in [6, 6.07) is 10.1. The number of fused-ring (bicyclic) bond motifs is 1. The summed E-state index contributed by atoms with van der Waals surface area (Å²) in [6.07, 6.45) is 1.80. The van der Waals surface area contributed by atoms with Gasteiger partial charge in [0.1, 0.15) is 0 Å².